The number of aryl methyl sites for hydroxylation is 2. The van der Waals surface area contributed by atoms with Gasteiger partial charge in [-0.2, -0.15) is 5.10 Å². The van der Waals surface area contributed by atoms with Crippen LogP contribution in [0.5, 0.6) is 5.75 Å². The van der Waals surface area contributed by atoms with Crippen LogP contribution in [-0.2, 0) is 32.8 Å². The predicted molar refractivity (Wildman–Crippen MR) is 231 cm³/mol. The van der Waals surface area contributed by atoms with E-state index in [2.05, 4.69) is 33.0 Å². The number of hydrogen-bond donors (Lipinski definition) is 1. The smallest absolute Gasteiger partial charge is 0.242 e. The topological polar surface area (TPSA) is 116 Å². The second-order valence-corrected chi connectivity index (χ2v) is 19.5. The maximum absolute atomic E-state index is 15.2. The minimum atomic E-state index is -1.31. The minimum Gasteiger partial charge on any atom is -0.508 e. The lowest BCUT2D eigenvalue weighted by Gasteiger charge is -2.49. The highest BCUT2D eigenvalue weighted by molar-refractivity contribution is 9.10. The Kier molecular flexibility index (Phi) is 9.32. The molecule has 1 saturated carbocycles. The number of aromatic nitrogens is 2. The molecule has 0 spiro atoms. The second kappa shape index (κ2) is 14.2. The highest BCUT2D eigenvalue weighted by Gasteiger charge is 2.68. The monoisotopic (exact) mass is 891 g/mol. The van der Waals surface area contributed by atoms with Gasteiger partial charge in [0.2, 0.25) is 23.6 Å². The van der Waals surface area contributed by atoms with Crippen LogP contribution < -0.4 is 4.90 Å². The molecule has 1 N–H and O–H groups in total. The standard InChI is InChI=1S/C46H43BrClN5O5S/c1-24-31-20-27(48)10-14-37(31)59-41(24)35-22-38(50(3)49-35)53-43(56)34-21-32-29(40(46(34,2)45(53)58)33-19-26(47)9-13-36(33)54)11-12-30-39(32)44(57)52(42(30)55)28-15-17-51(18-16-28)23-25-7-5-4-6-8-25/h4-11,13-14,19-20,22,28,30,32,34,39-40,54H,12,15-18,21,23H2,1-3H3/t30-,32+,34-,39-,40+,46+/m0/s1. The van der Waals surface area contributed by atoms with Crippen LogP contribution in [-0.4, -0.2) is 67.4 Å². The number of nitrogens with zero attached hydrogens (tertiary/aromatic N) is 5. The minimum absolute atomic E-state index is 0.00132. The fourth-order valence-electron chi connectivity index (χ4n) is 11.1. The molecule has 10 nitrogen and oxygen atoms in total. The number of phenols is 1. The number of rotatable bonds is 6. The molecule has 3 saturated heterocycles. The van der Waals surface area contributed by atoms with E-state index in [0.29, 0.717) is 45.8 Å². The SMILES string of the molecule is Cc1c(-c2cc(N3C(=O)[C@@H]4C[C@@H]5C(=CC[C@@H]6C(=O)N(C7CCN(Cc8ccccc8)CC7)C(=O)[C@@H]65)[C@H](c5cc(Br)ccc5O)[C@]4(C)C3=O)n(C)n2)sc2ccc(Cl)cc12. The average Bonchev–Trinajstić information content (AvgIpc) is 3.89. The van der Waals surface area contributed by atoms with Crippen molar-refractivity contribution in [1.82, 2.24) is 19.6 Å². The largest absolute Gasteiger partial charge is 0.508 e. The van der Waals surface area contributed by atoms with Crippen LogP contribution in [0.1, 0.15) is 55.2 Å². The molecule has 5 aliphatic rings. The lowest BCUT2D eigenvalue weighted by molar-refractivity contribution is -0.144. The molecule has 0 unspecified atom stereocenters. The molecule has 4 amide bonds. The number of fused-ring (bicyclic) bond motifs is 5. The van der Waals surface area contributed by atoms with Crippen LogP contribution >= 0.6 is 38.9 Å². The Balaban J connectivity index is 0.997. The van der Waals surface area contributed by atoms with E-state index in [9.17, 15) is 14.7 Å². The van der Waals surface area contributed by atoms with Crippen molar-refractivity contribution < 1.29 is 24.3 Å². The number of carbonyl (C=O) groups excluding carboxylic acids is 4. The molecule has 2 aromatic heterocycles. The molecule has 5 aromatic rings. The zero-order chi connectivity index (χ0) is 41.1. The van der Waals surface area contributed by atoms with E-state index in [1.54, 1.807) is 46.2 Å². The third-order valence-electron chi connectivity index (χ3n) is 14.0. The first kappa shape index (κ1) is 38.6. The van der Waals surface area contributed by atoms with E-state index in [4.69, 9.17) is 16.7 Å². The number of benzene rings is 3. The van der Waals surface area contributed by atoms with Crippen LogP contribution in [0.3, 0.4) is 0 Å². The van der Waals surface area contributed by atoms with E-state index < -0.39 is 35.0 Å². The van der Waals surface area contributed by atoms with Crippen molar-refractivity contribution in [2.45, 2.75) is 58.0 Å². The number of aromatic hydroxyl groups is 1. The Hall–Kier alpha value is -4.62. The van der Waals surface area contributed by atoms with Gasteiger partial charge >= 0.3 is 0 Å². The number of likely N-dealkylation sites (tertiary alicyclic amines) is 2. The molecule has 0 radical (unpaired) electrons. The van der Waals surface area contributed by atoms with Gasteiger partial charge in [0.15, 0.2) is 0 Å². The zero-order valence-electron chi connectivity index (χ0n) is 32.9. The molecule has 59 heavy (non-hydrogen) atoms. The van der Waals surface area contributed by atoms with E-state index in [0.717, 1.165) is 45.7 Å². The molecule has 6 atom stereocenters. The summed E-state index contributed by atoms with van der Waals surface area (Å²) in [6, 6.07) is 22.8. The molecule has 4 fully saturated rings. The fourth-order valence-corrected chi connectivity index (χ4v) is 12.8. The fraction of sp³-hybridized carbons (Fsp3) is 0.370. The first-order valence-corrected chi connectivity index (χ1v) is 22.3. The number of amides is 4. The molecule has 2 aliphatic carbocycles. The summed E-state index contributed by atoms with van der Waals surface area (Å²) in [5.41, 5.74) is 2.92. The lowest BCUT2D eigenvalue weighted by atomic mass is 9.51. The van der Waals surface area contributed by atoms with E-state index in [-0.39, 0.29) is 41.8 Å². The predicted octanol–water partition coefficient (Wildman–Crippen LogP) is 8.63. The Morgan fingerprint density at radius 3 is 2.47 bits per heavy atom. The van der Waals surface area contributed by atoms with Crippen LogP contribution in [0.2, 0.25) is 5.02 Å². The number of phenolic OH excluding ortho intramolecular Hbond substituents is 1. The molecule has 3 aliphatic heterocycles. The van der Waals surface area contributed by atoms with Crippen molar-refractivity contribution in [2.24, 2.45) is 36.1 Å². The van der Waals surface area contributed by atoms with Crippen molar-refractivity contribution in [3.63, 3.8) is 0 Å². The molecule has 10 rings (SSSR count). The number of imide groups is 2. The third kappa shape index (κ3) is 5.91. The Labute approximate surface area is 359 Å². The van der Waals surface area contributed by atoms with Gasteiger partial charge in [0.25, 0.3) is 0 Å². The number of allylic oxidation sites excluding steroid dienone is 2. The van der Waals surface area contributed by atoms with Gasteiger partial charge in [0.1, 0.15) is 17.3 Å². The number of hydrogen-bond acceptors (Lipinski definition) is 8. The van der Waals surface area contributed by atoms with Gasteiger partial charge in [-0.3, -0.25) is 33.7 Å². The van der Waals surface area contributed by atoms with Crippen LogP contribution in [0.15, 0.2) is 88.9 Å². The van der Waals surface area contributed by atoms with Crippen molar-refractivity contribution >= 4 is 78.4 Å². The zero-order valence-corrected chi connectivity index (χ0v) is 36.1. The number of thiophene rings is 1. The summed E-state index contributed by atoms with van der Waals surface area (Å²) < 4.78 is 3.35. The van der Waals surface area contributed by atoms with Crippen LogP contribution in [0.4, 0.5) is 5.82 Å². The van der Waals surface area contributed by atoms with Gasteiger partial charge < -0.3 is 5.11 Å². The molecule has 0 bridgehead atoms. The Morgan fingerprint density at radius 2 is 1.71 bits per heavy atom. The number of anilines is 1. The van der Waals surface area contributed by atoms with Crippen molar-refractivity contribution in [2.75, 3.05) is 18.0 Å². The summed E-state index contributed by atoms with van der Waals surface area (Å²) >= 11 is 11.5. The van der Waals surface area contributed by atoms with E-state index in [1.165, 1.54) is 10.5 Å². The quantitative estimate of drug-likeness (QED) is 0.134. The summed E-state index contributed by atoms with van der Waals surface area (Å²) in [6.45, 7) is 6.24. The number of piperidine rings is 1. The molecule has 13 heteroatoms. The number of carbonyl (C=O) groups is 4. The summed E-state index contributed by atoms with van der Waals surface area (Å²) in [4.78, 5) is 65.4. The first-order valence-electron chi connectivity index (χ1n) is 20.3. The van der Waals surface area contributed by atoms with Crippen molar-refractivity contribution in [1.29, 1.82) is 0 Å². The third-order valence-corrected chi connectivity index (χ3v) is 16.0. The highest BCUT2D eigenvalue weighted by atomic mass is 79.9. The summed E-state index contributed by atoms with van der Waals surface area (Å²) in [5, 5.41) is 18.0. The van der Waals surface area contributed by atoms with Gasteiger partial charge in [0, 0.05) is 64.5 Å². The molecular formula is C46H43BrClN5O5S. The summed E-state index contributed by atoms with van der Waals surface area (Å²) in [7, 11) is 1.73. The Bertz CT molecular complexity index is 2630. The van der Waals surface area contributed by atoms with Gasteiger partial charge in [-0.05, 0) is 98.4 Å². The molecular weight excluding hydrogens is 850 g/mol. The van der Waals surface area contributed by atoms with Gasteiger partial charge in [-0.1, -0.05) is 69.5 Å². The van der Waals surface area contributed by atoms with Crippen LogP contribution in [0, 0.1) is 36.0 Å². The van der Waals surface area contributed by atoms with Crippen molar-refractivity contribution in [3.05, 3.63) is 111 Å². The normalized spacial score (nSPS) is 27.4. The Morgan fingerprint density at radius 1 is 0.949 bits per heavy atom. The second-order valence-electron chi connectivity index (χ2n) is 17.1. The van der Waals surface area contributed by atoms with Gasteiger partial charge in [-0.15, -0.1) is 11.3 Å². The van der Waals surface area contributed by atoms with E-state index in [1.807, 2.05) is 62.4 Å². The number of halogens is 2. The van der Waals surface area contributed by atoms with Crippen LogP contribution in [0.25, 0.3) is 20.7 Å². The van der Waals surface area contributed by atoms with E-state index >= 15 is 9.59 Å². The molecule has 302 valence electrons. The van der Waals surface area contributed by atoms with Gasteiger partial charge in [0.05, 0.1) is 28.0 Å². The maximum atomic E-state index is 15.2. The molecule has 3 aromatic carbocycles. The summed E-state index contributed by atoms with van der Waals surface area (Å²) in [5.74, 6) is -3.94. The first-order chi connectivity index (χ1) is 28.3. The lowest BCUT2D eigenvalue weighted by Crippen LogP contribution is -2.49. The highest BCUT2D eigenvalue weighted by Crippen LogP contribution is 2.64. The molecule has 5 heterocycles. The van der Waals surface area contributed by atoms with Crippen molar-refractivity contribution in [3.8, 4) is 16.3 Å². The average molecular weight is 893 g/mol. The maximum Gasteiger partial charge on any atom is 0.242 e. The van der Waals surface area contributed by atoms with Gasteiger partial charge in [-0.25, -0.2) is 4.90 Å². The summed E-state index contributed by atoms with van der Waals surface area (Å²) in [6.07, 6.45) is 4.03.